The van der Waals surface area contributed by atoms with Gasteiger partial charge in [-0.1, -0.05) is 30.3 Å². The molecule has 11 heteroatoms. The Morgan fingerprint density at radius 1 is 1.20 bits per heavy atom. The van der Waals surface area contributed by atoms with Crippen LogP contribution in [0, 0.1) is 17.0 Å². The van der Waals surface area contributed by atoms with Crippen LogP contribution in [0.2, 0.25) is 0 Å². The third-order valence-corrected chi connectivity index (χ3v) is 6.38. The first-order valence-corrected chi connectivity index (χ1v) is 11.1. The van der Waals surface area contributed by atoms with Crippen LogP contribution in [-0.2, 0) is 22.6 Å². The van der Waals surface area contributed by atoms with Crippen molar-refractivity contribution in [1.29, 1.82) is 0 Å². The number of hydrogen-bond donors (Lipinski definition) is 3. The summed E-state index contributed by atoms with van der Waals surface area (Å²) in [6, 6.07) is 12.1. The summed E-state index contributed by atoms with van der Waals surface area (Å²) in [7, 11) is 0. The van der Waals surface area contributed by atoms with E-state index in [0.717, 1.165) is 12.0 Å². The highest BCUT2D eigenvalue weighted by Crippen LogP contribution is 2.32. The third kappa shape index (κ3) is 4.23. The topological polar surface area (TPSA) is 150 Å². The molecule has 178 valence electrons. The first-order chi connectivity index (χ1) is 16.8. The van der Waals surface area contributed by atoms with Crippen molar-refractivity contribution in [3.63, 3.8) is 0 Å². The minimum atomic E-state index is -1.09. The third-order valence-electron chi connectivity index (χ3n) is 6.38. The van der Waals surface area contributed by atoms with Crippen LogP contribution in [0.5, 0.6) is 0 Å². The van der Waals surface area contributed by atoms with E-state index >= 15 is 0 Å². The minimum Gasteiger partial charge on any atom is -0.338 e. The summed E-state index contributed by atoms with van der Waals surface area (Å²) in [5, 5.41) is 16.4. The molecule has 0 aliphatic carbocycles. The van der Waals surface area contributed by atoms with Gasteiger partial charge in [-0.25, -0.2) is 0 Å². The van der Waals surface area contributed by atoms with Gasteiger partial charge in [0.1, 0.15) is 5.82 Å². The molecule has 0 fully saturated rings. The Kier molecular flexibility index (Phi) is 5.51. The van der Waals surface area contributed by atoms with Crippen LogP contribution in [-0.4, -0.2) is 33.3 Å². The summed E-state index contributed by atoms with van der Waals surface area (Å²) < 4.78 is 0. The van der Waals surface area contributed by atoms with Crippen molar-refractivity contribution in [2.75, 3.05) is 22.1 Å². The van der Waals surface area contributed by atoms with Crippen LogP contribution in [0.25, 0.3) is 0 Å². The van der Waals surface area contributed by atoms with Crippen molar-refractivity contribution in [1.82, 2.24) is 9.97 Å². The van der Waals surface area contributed by atoms with E-state index in [-0.39, 0.29) is 29.2 Å². The van der Waals surface area contributed by atoms with Crippen LogP contribution in [0.1, 0.15) is 34.6 Å². The number of non-ortho nitro benzene ring substituents is 1. The quantitative estimate of drug-likeness (QED) is 0.388. The summed E-state index contributed by atoms with van der Waals surface area (Å²) in [5.74, 6) is -1.78. The molecule has 0 bridgehead atoms. The molecule has 0 saturated carbocycles. The van der Waals surface area contributed by atoms with E-state index in [9.17, 15) is 24.5 Å². The number of hydrogen-bond acceptors (Lipinski definition) is 7. The van der Waals surface area contributed by atoms with Gasteiger partial charge in [0.05, 0.1) is 22.1 Å². The molecule has 2 aliphatic rings. The van der Waals surface area contributed by atoms with E-state index in [1.807, 2.05) is 23.1 Å². The van der Waals surface area contributed by atoms with Crippen LogP contribution in [0.15, 0.2) is 47.3 Å². The number of aromatic amines is 1. The molecule has 1 aromatic heterocycles. The molecule has 0 spiro atoms. The number of fused-ring (bicyclic) bond motifs is 2. The van der Waals surface area contributed by atoms with Crippen molar-refractivity contribution >= 4 is 35.0 Å². The lowest BCUT2D eigenvalue weighted by Gasteiger charge is -2.30. The van der Waals surface area contributed by atoms with Crippen molar-refractivity contribution in [2.24, 2.45) is 0 Å². The Morgan fingerprint density at radius 2 is 1.97 bits per heavy atom. The van der Waals surface area contributed by atoms with Gasteiger partial charge in [0.2, 0.25) is 17.8 Å². The normalized spacial score (nSPS) is 16.7. The number of aryl methyl sites for hydroxylation is 1. The number of nitrogens with zero attached hydrogens (tertiary/aromatic N) is 3. The lowest BCUT2D eigenvalue weighted by Crippen LogP contribution is -2.39. The van der Waals surface area contributed by atoms with Crippen LogP contribution < -0.4 is 21.1 Å². The van der Waals surface area contributed by atoms with Gasteiger partial charge >= 0.3 is 0 Å². The molecule has 3 heterocycles. The smallest absolute Gasteiger partial charge is 0.271 e. The Morgan fingerprint density at radius 3 is 2.74 bits per heavy atom. The molecule has 2 aliphatic heterocycles. The van der Waals surface area contributed by atoms with Gasteiger partial charge in [-0.3, -0.25) is 29.5 Å². The first-order valence-electron chi connectivity index (χ1n) is 11.1. The van der Waals surface area contributed by atoms with Crippen LogP contribution in [0.4, 0.5) is 23.1 Å². The number of nitro benzene ring substituents is 1. The second-order valence-electron chi connectivity index (χ2n) is 8.64. The lowest BCUT2D eigenvalue weighted by molar-refractivity contribution is -0.384. The number of aromatic nitrogens is 2. The molecule has 11 nitrogen and oxygen atoms in total. The second kappa shape index (κ2) is 8.67. The maximum absolute atomic E-state index is 13.1. The highest BCUT2D eigenvalue weighted by atomic mass is 16.6. The number of H-pyrrole nitrogens is 1. The predicted octanol–water partition coefficient (Wildman–Crippen LogP) is 2.61. The average Bonchev–Trinajstić information content (AvgIpc) is 2.84. The molecule has 1 atom stereocenters. The summed E-state index contributed by atoms with van der Waals surface area (Å²) in [4.78, 5) is 58.4. The summed E-state index contributed by atoms with van der Waals surface area (Å²) in [6.07, 6.45) is 0.547. The number of nitro groups is 1. The van der Waals surface area contributed by atoms with Gasteiger partial charge in [0.15, 0.2) is 0 Å². The zero-order valence-corrected chi connectivity index (χ0v) is 18.8. The van der Waals surface area contributed by atoms with Gasteiger partial charge < -0.3 is 15.5 Å². The van der Waals surface area contributed by atoms with Crippen molar-refractivity contribution in [3.8, 4) is 0 Å². The maximum Gasteiger partial charge on any atom is 0.271 e. The van der Waals surface area contributed by atoms with Gasteiger partial charge in [-0.15, -0.1) is 0 Å². The fraction of sp³-hybridized carbons (Fsp3) is 0.250. The standard InChI is InChI=1S/C24H22N6O5/c1-13-6-7-16(30(34)35)10-18(13)25-22(32)17-11-19(31)26-21-20(17)23(33)28-24(27-21)29-9-8-14-4-2-3-5-15(14)12-29/h2-7,10,17H,8-9,11-12H2,1H3,(H,25,32)(H2,26,27,28,31,33)/t17-/m0/s1. The molecule has 3 N–H and O–H groups in total. The monoisotopic (exact) mass is 474 g/mol. The average molecular weight is 474 g/mol. The number of nitrogens with one attached hydrogen (secondary N) is 3. The van der Waals surface area contributed by atoms with E-state index in [2.05, 4.69) is 26.7 Å². The highest BCUT2D eigenvalue weighted by molar-refractivity contribution is 6.04. The maximum atomic E-state index is 13.1. The van der Waals surface area contributed by atoms with Crippen molar-refractivity contribution in [3.05, 3.63) is 85.2 Å². The van der Waals surface area contributed by atoms with Crippen molar-refractivity contribution < 1.29 is 14.5 Å². The SMILES string of the molecule is Cc1ccc([N+](=O)[O-])cc1NC(=O)[C@H]1CC(=O)Nc2nc(N3CCc4ccccc4C3)[nH]c(=O)c21. The van der Waals surface area contributed by atoms with Gasteiger partial charge in [-0.2, -0.15) is 4.98 Å². The summed E-state index contributed by atoms with van der Waals surface area (Å²) in [6.45, 7) is 2.89. The predicted molar refractivity (Wildman–Crippen MR) is 129 cm³/mol. The summed E-state index contributed by atoms with van der Waals surface area (Å²) >= 11 is 0. The Hall–Kier alpha value is -4.54. The minimum absolute atomic E-state index is 0.0507. The van der Waals surface area contributed by atoms with Crippen LogP contribution >= 0.6 is 0 Å². The van der Waals surface area contributed by atoms with Gasteiger partial charge in [0.25, 0.3) is 11.2 Å². The van der Waals surface area contributed by atoms with Gasteiger partial charge in [0, 0.05) is 31.6 Å². The Bertz CT molecular complexity index is 1430. The van der Waals surface area contributed by atoms with E-state index in [0.29, 0.717) is 24.6 Å². The number of amides is 2. The molecule has 0 radical (unpaired) electrons. The Labute approximate surface area is 199 Å². The molecular formula is C24H22N6O5. The fourth-order valence-electron chi connectivity index (χ4n) is 4.49. The van der Waals surface area contributed by atoms with E-state index in [4.69, 9.17) is 0 Å². The number of anilines is 3. The van der Waals surface area contributed by atoms with Gasteiger partial charge in [-0.05, 0) is 30.0 Å². The number of carbonyl (C=O) groups excluding carboxylic acids is 2. The Balaban J connectivity index is 1.45. The molecule has 35 heavy (non-hydrogen) atoms. The molecular weight excluding hydrogens is 452 g/mol. The zero-order valence-electron chi connectivity index (χ0n) is 18.8. The largest absolute Gasteiger partial charge is 0.338 e. The second-order valence-corrected chi connectivity index (χ2v) is 8.64. The number of rotatable bonds is 4. The van der Waals surface area contributed by atoms with E-state index in [1.165, 1.54) is 23.8 Å². The summed E-state index contributed by atoms with van der Waals surface area (Å²) in [5.41, 5.74) is 2.59. The molecule has 0 unspecified atom stereocenters. The number of benzene rings is 2. The molecule has 0 saturated heterocycles. The highest BCUT2D eigenvalue weighted by Gasteiger charge is 2.35. The molecule has 2 amide bonds. The zero-order chi connectivity index (χ0) is 24.7. The van der Waals surface area contributed by atoms with E-state index < -0.39 is 28.2 Å². The van der Waals surface area contributed by atoms with E-state index in [1.54, 1.807) is 6.92 Å². The molecule has 3 aromatic rings. The first kappa shape index (κ1) is 22.3. The number of carbonyl (C=O) groups is 2. The van der Waals surface area contributed by atoms with Crippen LogP contribution in [0.3, 0.4) is 0 Å². The fourth-order valence-corrected chi connectivity index (χ4v) is 4.49. The molecule has 5 rings (SSSR count). The lowest BCUT2D eigenvalue weighted by atomic mass is 9.92. The molecule has 2 aromatic carbocycles. The van der Waals surface area contributed by atoms with Crippen molar-refractivity contribution in [2.45, 2.75) is 32.2 Å².